The third-order valence-corrected chi connectivity index (χ3v) is 4.43. The number of aliphatic imine (C=N–C) groups is 1. The Morgan fingerprint density at radius 3 is 2.75 bits per heavy atom. The van der Waals surface area contributed by atoms with E-state index in [1.165, 1.54) is 18.2 Å². The Labute approximate surface area is 139 Å². The van der Waals surface area contributed by atoms with E-state index in [-0.39, 0.29) is 17.9 Å². The van der Waals surface area contributed by atoms with Gasteiger partial charge in [0.15, 0.2) is 5.96 Å². The van der Waals surface area contributed by atoms with E-state index in [0.29, 0.717) is 6.04 Å². The summed E-state index contributed by atoms with van der Waals surface area (Å²) in [6.07, 6.45) is 2.57. The van der Waals surface area contributed by atoms with Crippen LogP contribution in [0.3, 0.4) is 0 Å². The number of rotatable bonds is 4. The first-order valence-corrected chi connectivity index (χ1v) is 7.89. The molecule has 1 aromatic carbocycles. The smallest absolute Gasteiger partial charge is 0.196 e. The zero-order chi connectivity index (χ0) is 17.3. The topological polar surface area (TPSA) is 91.7 Å². The first-order chi connectivity index (χ1) is 11.4. The standard InChI is InChI=1S/C16H22F2N6/c1-21-10-5-6-24(9-10)14-8-16(20,23-15(19)22-14)7-11-12(17)3-2-4-13(11)18/h2-4,8,10,21H,5-7,9,20H2,1H3,(H3,19,22,23)/t10-,16?/m1/s1. The Morgan fingerprint density at radius 2 is 2.12 bits per heavy atom. The van der Waals surface area contributed by atoms with Crippen LogP contribution in [0.5, 0.6) is 0 Å². The van der Waals surface area contributed by atoms with Crippen LogP contribution in [0.4, 0.5) is 8.78 Å². The van der Waals surface area contributed by atoms with E-state index >= 15 is 0 Å². The van der Waals surface area contributed by atoms with Crippen molar-refractivity contribution < 1.29 is 8.78 Å². The minimum Gasteiger partial charge on any atom is -0.370 e. The zero-order valence-electron chi connectivity index (χ0n) is 13.5. The molecule has 1 aromatic rings. The van der Waals surface area contributed by atoms with Gasteiger partial charge in [-0.2, -0.15) is 0 Å². The maximum absolute atomic E-state index is 13.9. The fourth-order valence-electron chi connectivity index (χ4n) is 3.15. The molecule has 2 atom stereocenters. The Hall–Kier alpha value is -2.19. The van der Waals surface area contributed by atoms with E-state index in [4.69, 9.17) is 11.5 Å². The van der Waals surface area contributed by atoms with Gasteiger partial charge in [0, 0.05) is 31.1 Å². The lowest BCUT2D eigenvalue weighted by atomic mass is 9.98. The highest BCUT2D eigenvalue weighted by atomic mass is 19.1. The number of hydrogen-bond acceptors (Lipinski definition) is 6. The van der Waals surface area contributed by atoms with Crippen molar-refractivity contribution in [1.82, 2.24) is 15.5 Å². The van der Waals surface area contributed by atoms with Gasteiger partial charge < -0.3 is 27.0 Å². The molecule has 0 saturated carbocycles. The average molecular weight is 336 g/mol. The molecular weight excluding hydrogens is 314 g/mol. The first-order valence-electron chi connectivity index (χ1n) is 7.89. The molecule has 2 aliphatic rings. The van der Waals surface area contributed by atoms with Crippen molar-refractivity contribution in [1.29, 1.82) is 0 Å². The molecule has 1 saturated heterocycles. The van der Waals surface area contributed by atoms with Crippen molar-refractivity contribution in [2.45, 2.75) is 24.5 Å². The average Bonchev–Trinajstić information content (AvgIpc) is 2.99. The molecule has 0 aliphatic carbocycles. The summed E-state index contributed by atoms with van der Waals surface area (Å²) in [5, 5.41) is 6.22. The number of hydrogen-bond donors (Lipinski definition) is 4. The van der Waals surface area contributed by atoms with Crippen LogP contribution in [0.2, 0.25) is 0 Å². The monoisotopic (exact) mass is 336 g/mol. The number of halogens is 2. The van der Waals surface area contributed by atoms with Crippen molar-refractivity contribution in [3.05, 3.63) is 47.3 Å². The third kappa shape index (κ3) is 3.34. The van der Waals surface area contributed by atoms with Gasteiger partial charge in [0.25, 0.3) is 0 Å². The number of likely N-dealkylation sites (tertiary alicyclic amines) is 1. The van der Waals surface area contributed by atoms with Gasteiger partial charge in [0.1, 0.15) is 23.1 Å². The van der Waals surface area contributed by atoms with E-state index < -0.39 is 17.3 Å². The Balaban J connectivity index is 1.86. The predicted octanol–water partition coefficient (Wildman–Crippen LogP) is 0.215. The van der Waals surface area contributed by atoms with Crippen LogP contribution < -0.4 is 22.1 Å². The Kier molecular flexibility index (Phi) is 4.42. The summed E-state index contributed by atoms with van der Waals surface area (Å²) in [5.74, 6) is -0.420. The van der Waals surface area contributed by atoms with Crippen LogP contribution >= 0.6 is 0 Å². The van der Waals surface area contributed by atoms with Crippen molar-refractivity contribution >= 4 is 5.96 Å². The minimum atomic E-state index is -1.30. The molecule has 8 heteroatoms. The number of benzene rings is 1. The van der Waals surface area contributed by atoms with Crippen LogP contribution in [-0.2, 0) is 6.42 Å². The summed E-state index contributed by atoms with van der Waals surface area (Å²) in [7, 11) is 1.92. The molecule has 6 N–H and O–H groups in total. The maximum Gasteiger partial charge on any atom is 0.196 e. The fourth-order valence-corrected chi connectivity index (χ4v) is 3.15. The molecular formula is C16H22F2N6. The van der Waals surface area contributed by atoms with Gasteiger partial charge in [-0.25, -0.2) is 13.8 Å². The number of likely N-dealkylation sites (N-methyl/N-ethyl adjacent to an activating group) is 1. The lowest BCUT2D eigenvalue weighted by Gasteiger charge is -2.32. The summed E-state index contributed by atoms with van der Waals surface area (Å²) >= 11 is 0. The van der Waals surface area contributed by atoms with Crippen molar-refractivity contribution in [3.63, 3.8) is 0 Å². The van der Waals surface area contributed by atoms with Crippen LogP contribution in [0, 0.1) is 11.6 Å². The molecule has 0 bridgehead atoms. The Morgan fingerprint density at radius 1 is 1.42 bits per heavy atom. The molecule has 130 valence electrons. The second kappa shape index (κ2) is 6.37. The molecule has 0 amide bonds. The highest BCUT2D eigenvalue weighted by Gasteiger charge is 2.33. The third-order valence-electron chi connectivity index (χ3n) is 4.43. The van der Waals surface area contributed by atoms with Crippen LogP contribution in [0.25, 0.3) is 0 Å². The van der Waals surface area contributed by atoms with Gasteiger partial charge in [0.2, 0.25) is 0 Å². The fraction of sp³-hybridized carbons (Fsp3) is 0.438. The molecule has 6 nitrogen and oxygen atoms in total. The molecule has 1 unspecified atom stereocenters. The second-order valence-corrected chi connectivity index (χ2v) is 6.24. The van der Waals surface area contributed by atoms with Crippen LogP contribution in [-0.4, -0.2) is 42.7 Å². The van der Waals surface area contributed by atoms with E-state index in [2.05, 4.69) is 20.5 Å². The van der Waals surface area contributed by atoms with E-state index in [1.807, 2.05) is 7.05 Å². The van der Waals surface area contributed by atoms with E-state index in [0.717, 1.165) is 25.3 Å². The van der Waals surface area contributed by atoms with Crippen molar-refractivity contribution in [3.8, 4) is 0 Å². The van der Waals surface area contributed by atoms with Gasteiger partial charge in [-0.15, -0.1) is 0 Å². The van der Waals surface area contributed by atoms with Gasteiger partial charge in [-0.1, -0.05) is 6.07 Å². The highest BCUT2D eigenvalue weighted by molar-refractivity contribution is 5.81. The molecule has 2 aliphatic heterocycles. The second-order valence-electron chi connectivity index (χ2n) is 6.24. The first kappa shape index (κ1) is 16.7. The lowest BCUT2D eigenvalue weighted by Crippen LogP contribution is -2.51. The van der Waals surface area contributed by atoms with Gasteiger partial charge in [0.05, 0.1) is 0 Å². The summed E-state index contributed by atoms with van der Waals surface area (Å²) in [5.41, 5.74) is 10.7. The van der Waals surface area contributed by atoms with E-state index in [9.17, 15) is 8.78 Å². The van der Waals surface area contributed by atoms with Gasteiger partial charge in [-0.05, 0) is 31.7 Å². The molecule has 3 rings (SSSR count). The van der Waals surface area contributed by atoms with Crippen molar-refractivity contribution in [2.24, 2.45) is 16.5 Å². The van der Waals surface area contributed by atoms with Gasteiger partial charge >= 0.3 is 0 Å². The van der Waals surface area contributed by atoms with E-state index in [1.54, 1.807) is 6.08 Å². The molecule has 1 fully saturated rings. The molecule has 2 heterocycles. The summed E-state index contributed by atoms with van der Waals surface area (Å²) < 4.78 is 27.9. The molecule has 24 heavy (non-hydrogen) atoms. The highest BCUT2D eigenvalue weighted by Crippen LogP contribution is 2.24. The number of nitrogens with one attached hydrogen (secondary N) is 2. The number of nitrogens with zero attached hydrogens (tertiary/aromatic N) is 2. The summed E-state index contributed by atoms with van der Waals surface area (Å²) in [6.45, 7) is 1.63. The minimum absolute atomic E-state index is 0.0939. The van der Waals surface area contributed by atoms with Crippen LogP contribution in [0.1, 0.15) is 12.0 Å². The summed E-state index contributed by atoms with van der Waals surface area (Å²) in [4.78, 5) is 6.26. The summed E-state index contributed by atoms with van der Waals surface area (Å²) in [6, 6.07) is 4.11. The maximum atomic E-state index is 13.9. The predicted molar refractivity (Wildman–Crippen MR) is 88.9 cm³/mol. The van der Waals surface area contributed by atoms with Crippen molar-refractivity contribution in [2.75, 3.05) is 20.1 Å². The quantitative estimate of drug-likeness (QED) is 0.631. The Bertz CT molecular complexity index is 669. The zero-order valence-corrected chi connectivity index (χ0v) is 13.5. The SMILES string of the molecule is CN[C@@H]1CCN(C2=CC(N)(Cc3c(F)cccc3F)N=C(N)N2)C1. The molecule has 0 aromatic heterocycles. The number of guanidine groups is 1. The normalized spacial score (nSPS) is 26.8. The van der Waals surface area contributed by atoms with Crippen LogP contribution in [0.15, 0.2) is 35.1 Å². The molecule has 0 radical (unpaired) electrons. The van der Waals surface area contributed by atoms with Gasteiger partial charge in [-0.3, -0.25) is 0 Å². The number of nitrogens with two attached hydrogens (primary N) is 2. The molecule has 0 spiro atoms. The largest absolute Gasteiger partial charge is 0.370 e. The lowest BCUT2D eigenvalue weighted by molar-refractivity contribution is 0.375.